The van der Waals surface area contributed by atoms with Crippen LogP contribution in [-0.2, 0) is 4.74 Å². The Hall–Kier alpha value is -4.15. The quantitative estimate of drug-likeness (QED) is 0.149. The summed E-state index contributed by atoms with van der Waals surface area (Å²) in [6.45, 7) is 48.2. The zero-order valence-electron chi connectivity index (χ0n) is 56.9. The lowest BCUT2D eigenvalue weighted by atomic mass is 9.60. The molecule has 1 spiro atoms. The van der Waals surface area contributed by atoms with Gasteiger partial charge >= 0.3 is 0 Å². The highest BCUT2D eigenvalue weighted by Crippen LogP contribution is 2.54. The highest BCUT2D eigenvalue weighted by atomic mass is 32.2. The number of thioether (sulfide) groups is 1. The molecule has 81 heavy (non-hydrogen) atoms. The molecule has 9 nitrogen and oxygen atoms in total. The molecule has 0 unspecified atom stereocenters. The van der Waals surface area contributed by atoms with Gasteiger partial charge in [0.1, 0.15) is 12.7 Å². The number of rotatable bonds is 0. The molecule has 6 saturated carbocycles. The Morgan fingerprint density at radius 2 is 0.741 bits per heavy atom. The molecular weight excluding hydrogens is 1010 g/mol. The van der Waals surface area contributed by atoms with E-state index in [2.05, 4.69) is 155 Å². The smallest absolute Gasteiger partial charge is 0.115 e. The third kappa shape index (κ3) is 34.3. The molecule has 11 rings (SSSR count). The minimum atomic E-state index is 0.500. The number of methoxy groups -OCH3 is 1. The molecule has 6 fully saturated rings. The molecule has 5 aromatic heterocycles. The standard InChI is InChI=1S/C11H20.C10H18.C9H18.2C7H9N.3C6H8N2.C5H12.C2H6O.C2H6S/c1-9-7-11(8-10(9)2)5-3-4-6-11;1-7-8(2)10-5-3-9(7)4-6-10;1-7-5-9(3,4)6-8(7)2;2*1-6-3-4-8-5-7(6)2;2*1-5-3-7-4-8-6(5)2;1-5-6(2)8-4-3-7-5;1-5(2,3)4;2*1-3-2/h9-10H,3-8H2,1-2H3;7-10H,3-6H2,1-2H3;7-8H,5-6H2,1-4H3;2*3-5H,1-2H3;3*3-4H,1-2H3;1-4H3;2*1-2H3/t9-,10+;7-,8+,9?,10?;7-,8+;;;;;;;;. The van der Waals surface area contributed by atoms with Gasteiger partial charge in [-0.2, -0.15) is 11.8 Å². The number of fused-ring (bicyclic) bond motifs is 3. The molecule has 6 aliphatic carbocycles. The molecule has 5 heterocycles. The molecule has 2 bridgehead atoms. The number of hydrogen-bond acceptors (Lipinski definition) is 10. The first-order valence-electron chi connectivity index (χ1n) is 30.6. The molecule has 6 aliphatic rings. The van der Waals surface area contributed by atoms with Crippen molar-refractivity contribution in [2.24, 2.45) is 63.6 Å². The molecule has 0 aliphatic heterocycles. The van der Waals surface area contributed by atoms with Crippen LogP contribution in [0.2, 0.25) is 0 Å². The number of aryl methyl sites for hydroxylation is 10. The van der Waals surface area contributed by atoms with E-state index in [4.69, 9.17) is 0 Å². The third-order valence-electron chi connectivity index (χ3n) is 17.0. The van der Waals surface area contributed by atoms with E-state index < -0.39 is 0 Å². The summed E-state index contributed by atoms with van der Waals surface area (Å²) in [6.07, 6.45) is 39.8. The van der Waals surface area contributed by atoms with Crippen molar-refractivity contribution in [3.05, 3.63) is 131 Å². The average Bonchev–Trinajstić information content (AvgIpc) is 4.05. The fourth-order valence-electron chi connectivity index (χ4n) is 11.2. The summed E-state index contributed by atoms with van der Waals surface area (Å²) in [6, 6.07) is 4.02. The van der Waals surface area contributed by atoms with Crippen LogP contribution in [-0.4, -0.2) is 66.6 Å². The Kier molecular flexibility index (Phi) is 38.9. The van der Waals surface area contributed by atoms with Crippen molar-refractivity contribution in [3.8, 4) is 0 Å². The molecule has 458 valence electrons. The van der Waals surface area contributed by atoms with Crippen LogP contribution in [0.3, 0.4) is 0 Å². The van der Waals surface area contributed by atoms with Gasteiger partial charge in [0, 0.05) is 75.2 Å². The van der Waals surface area contributed by atoms with Crippen LogP contribution in [0, 0.1) is 133 Å². The third-order valence-corrected chi connectivity index (χ3v) is 17.0. The first-order valence-corrected chi connectivity index (χ1v) is 32.3. The number of aromatic nitrogens is 8. The van der Waals surface area contributed by atoms with Crippen molar-refractivity contribution < 1.29 is 4.74 Å². The second kappa shape index (κ2) is 41.0. The van der Waals surface area contributed by atoms with E-state index >= 15 is 0 Å². The summed E-state index contributed by atoms with van der Waals surface area (Å²) in [5, 5.41) is 0. The van der Waals surface area contributed by atoms with E-state index in [1.54, 1.807) is 63.9 Å². The second-order valence-corrected chi connectivity index (χ2v) is 27.9. The predicted molar refractivity (Wildman–Crippen MR) is 353 cm³/mol. The second-order valence-electron chi connectivity index (χ2n) is 27.0. The molecule has 6 atom stereocenters. The van der Waals surface area contributed by atoms with Crippen LogP contribution in [0.5, 0.6) is 0 Å². The Balaban J connectivity index is 0.000000883. The summed E-state index contributed by atoms with van der Waals surface area (Å²) in [5.74, 6) is 8.20. The molecule has 0 saturated heterocycles. The molecule has 5 aromatic rings. The highest BCUT2D eigenvalue weighted by molar-refractivity contribution is 7.97. The Labute approximate surface area is 504 Å². The average molecular weight is 1140 g/mol. The van der Waals surface area contributed by atoms with Crippen molar-refractivity contribution in [1.82, 2.24) is 39.9 Å². The summed E-state index contributed by atoms with van der Waals surface area (Å²) in [5.41, 5.74) is 13.5. The van der Waals surface area contributed by atoms with E-state index in [-0.39, 0.29) is 0 Å². The monoisotopic (exact) mass is 1130 g/mol. The Bertz CT molecular complexity index is 1960. The van der Waals surface area contributed by atoms with Gasteiger partial charge in [-0.3, -0.25) is 19.9 Å². The lowest BCUT2D eigenvalue weighted by molar-refractivity contribution is 0.0455. The van der Waals surface area contributed by atoms with Crippen LogP contribution in [0.15, 0.2) is 74.4 Å². The maximum absolute atomic E-state index is 4.25. The van der Waals surface area contributed by atoms with Gasteiger partial charge in [-0.25, -0.2) is 19.9 Å². The van der Waals surface area contributed by atoms with Gasteiger partial charge in [-0.1, -0.05) is 95.9 Å². The zero-order valence-corrected chi connectivity index (χ0v) is 57.7. The van der Waals surface area contributed by atoms with E-state index in [1.165, 1.54) is 86.5 Å². The molecular formula is C71H122N8OS. The van der Waals surface area contributed by atoms with Crippen LogP contribution in [0.1, 0.15) is 216 Å². The number of ether oxygens (including phenoxy) is 1. The van der Waals surface area contributed by atoms with E-state index in [0.717, 1.165) is 86.7 Å². The first-order chi connectivity index (χ1) is 37.9. The maximum atomic E-state index is 4.25. The largest absolute Gasteiger partial charge is 0.388 e. The maximum Gasteiger partial charge on any atom is 0.115 e. The minimum absolute atomic E-state index is 0.500. The van der Waals surface area contributed by atoms with Crippen molar-refractivity contribution in [2.75, 3.05) is 26.7 Å². The summed E-state index contributed by atoms with van der Waals surface area (Å²) < 4.78 is 4.25. The summed E-state index contributed by atoms with van der Waals surface area (Å²) >= 11 is 1.75. The first kappa shape index (κ1) is 76.9. The zero-order chi connectivity index (χ0) is 61.9. The highest BCUT2D eigenvalue weighted by Gasteiger charge is 2.43. The van der Waals surface area contributed by atoms with Crippen molar-refractivity contribution >= 4 is 11.8 Å². The van der Waals surface area contributed by atoms with Crippen LogP contribution >= 0.6 is 11.8 Å². The van der Waals surface area contributed by atoms with Crippen LogP contribution < -0.4 is 0 Å². The van der Waals surface area contributed by atoms with Crippen molar-refractivity contribution in [2.45, 2.75) is 229 Å². The molecule has 0 radical (unpaired) electrons. The predicted octanol–water partition coefficient (Wildman–Crippen LogP) is 19.7. The molecule has 0 amide bonds. The molecule has 10 heteroatoms. The number of nitrogens with zero attached hydrogens (tertiary/aromatic N) is 8. The number of pyridine rings is 2. The molecule has 0 aromatic carbocycles. The Morgan fingerprint density at radius 3 is 0.938 bits per heavy atom. The SMILES string of the molecule is CC(C)(C)C.COC.CSC.C[C@@H]1C2CCC(CC2)[C@@H]1C.C[C@@H]1CC(C)(C)C[C@@H]1C.C[C@@H]1CC2(CCCC2)C[C@@H]1C.Cc1ccncc1C.Cc1ccncc1C.Cc1cncnc1C.Cc1cncnc1C.Cc1nccnc1C. The topological polar surface area (TPSA) is 112 Å². The van der Waals surface area contributed by atoms with Crippen molar-refractivity contribution in [1.29, 1.82) is 0 Å². The van der Waals surface area contributed by atoms with Crippen LogP contribution in [0.4, 0.5) is 0 Å². The van der Waals surface area contributed by atoms with Gasteiger partial charge in [-0.05, 0) is 255 Å². The summed E-state index contributed by atoms with van der Waals surface area (Å²) in [4.78, 5) is 31.5. The number of hydrogen-bond donors (Lipinski definition) is 0. The van der Waals surface area contributed by atoms with E-state index in [9.17, 15) is 0 Å². The van der Waals surface area contributed by atoms with Gasteiger partial charge in [-0.15, -0.1) is 0 Å². The molecule has 0 N–H and O–H groups in total. The normalized spacial score (nSPS) is 22.6. The fourth-order valence-corrected chi connectivity index (χ4v) is 11.2. The van der Waals surface area contributed by atoms with Gasteiger partial charge in [0.15, 0.2) is 0 Å². The minimum Gasteiger partial charge on any atom is -0.388 e. The van der Waals surface area contributed by atoms with Crippen molar-refractivity contribution in [3.63, 3.8) is 0 Å². The lowest BCUT2D eigenvalue weighted by Crippen LogP contribution is -2.36. The van der Waals surface area contributed by atoms with E-state index in [0.29, 0.717) is 10.8 Å². The van der Waals surface area contributed by atoms with Gasteiger partial charge in [0.25, 0.3) is 0 Å². The van der Waals surface area contributed by atoms with Crippen LogP contribution in [0.25, 0.3) is 0 Å². The van der Waals surface area contributed by atoms with E-state index in [1.807, 2.05) is 103 Å². The summed E-state index contributed by atoms with van der Waals surface area (Å²) in [7, 11) is 3.25. The van der Waals surface area contributed by atoms with Gasteiger partial charge < -0.3 is 4.74 Å². The van der Waals surface area contributed by atoms with Gasteiger partial charge in [0.2, 0.25) is 0 Å². The lowest BCUT2D eigenvalue weighted by Gasteiger charge is -2.46. The fraction of sp³-hybridized carbons (Fsp3) is 0.690. The van der Waals surface area contributed by atoms with Gasteiger partial charge in [0.05, 0.1) is 11.4 Å². The Morgan fingerprint density at radius 1 is 0.444 bits per heavy atom.